The van der Waals surface area contributed by atoms with Crippen molar-refractivity contribution in [3.8, 4) is 11.5 Å². The number of carboxylic acid groups (broad SMARTS) is 1. The van der Waals surface area contributed by atoms with Gasteiger partial charge in [-0.15, -0.1) is 0 Å². The minimum Gasteiger partial charge on any atom is -0.479 e. The predicted molar refractivity (Wildman–Crippen MR) is 122 cm³/mol. The van der Waals surface area contributed by atoms with E-state index in [1.807, 2.05) is 0 Å². The molecule has 188 valence electrons. The van der Waals surface area contributed by atoms with E-state index in [-0.39, 0.29) is 31.1 Å². The van der Waals surface area contributed by atoms with Gasteiger partial charge in [-0.05, 0) is 23.3 Å². The SMILES string of the molecule is CC(=O)Oc1ccc(CN2CCN(C(=O)N[C@@H](C(=O)O)c3ccccc3)C(=O)C2=O)cc1OC(C)=O. The molecule has 1 saturated heterocycles. The van der Waals surface area contributed by atoms with Crippen LogP contribution in [0.15, 0.2) is 48.5 Å². The first-order valence-electron chi connectivity index (χ1n) is 10.8. The van der Waals surface area contributed by atoms with Crippen LogP contribution in [0.25, 0.3) is 0 Å². The van der Waals surface area contributed by atoms with Crippen molar-refractivity contribution < 1.29 is 43.3 Å². The molecule has 1 aliphatic heterocycles. The fourth-order valence-corrected chi connectivity index (χ4v) is 3.50. The molecule has 12 heteroatoms. The van der Waals surface area contributed by atoms with Gasteiger partial charge in [0.25, 0.3) is 0 Å². The van der Waals surface area contributed by atoms with E-state index in [0.29, 0.717) is 16.0 Å². The molecule has 2 N–H and O–H groups in total. The van der Waals surface area contributed by atoms with Crippen LogP contribution >= 0.6 is 0 Å². The number of hydrogen-bond acceptors (Lipinski definition) is 8. The minimum atomic E-state index is -1.41. The molecule has 1 fully saturated rings. The summed E-state index contributed by atoms with van der Waals surface area (Å²) in [7, 11) is 0. The van der Waals surface area contributed by atoms with Crippen molar-refractivity contribution in [3.63, 3.8) is 0 Å². The van der Waals surface area contributed by atoms with Gasteiger partial charge in [-0.2, -0.15) is 0 Å². The number of nitrogens with one attached hydrogen (secondary N) is 1. The Bertz CT molecular complexity index is 1210. The lowest BCUT2D eigenvalue weighted by atomic mass is 10.1. The maximum Gasteiger partial charge on any atom is 0.330 e. The molecule has 0 radical (unpaired) electrons. The Morgan fingerprint density at radius 1 is 0.917 bits per heavy atom. The van der Waals surface area contributed by atoms with Crippen molar-refractivity contribution in [2.75, 3.05) is 13.1 Å². The third kappa shape index (κ3) is 6.23. The van der Waals surface area contributed by atoms with E-state index in [2.05, 4.69) is 5.32 Å². The van der Waals surface area contributed by atoms with E-state index < -0.39 is 41.8 Å². The number of imide groups is 1. The fraction of sp³-hybridized carbons (Fsp3) is 0.250. The minimum absolute atomic E-state index is 0.0109. The highest BCUT2D eigenvalue weighted by molar-refractivity contribution is 6.38. The summed E-state index contributed by atoms with van der Waals surface area (Å²) in [6, 6.07) is 9.83. The molecule has 0 spiro atoms. The van der Waals surface area contributed by atoms with Gasteiger partial charge in [0.05, 0.1) is 0 Å². The molecule has 0 unspecified atom stereocenters. The van der Waals surface area contributed by atoms with Gasteiger partial charge in [0, 0.05) is 33.5 Å². The molecular formula is C24H23N3O9. The monoisotopic (exact) mass is 497 g/mol. The Kier molecular flexibility index (Phi) is 8.00. The van der Waals surface area contributed by atoms with Gasteiger partial charge in [-0.25, -0.2) is 9.59 Å². The number of aliphatic carboxylic acids is 1. The normalized spacial score (nSPS) is 14.2. The molecule has 0 aromatic heterocycles. The second-order valence-corrected chi connectivity index (χ2v) is 7.78. The van der Waals surface area contributed by atoms with Crippen LogP contribution in [0.1, 0.15) is 31.0 Å². The van der Waals surface area contributed by atoms with Crippen LogP contribution in [0.5, 0.6) is 11.5 Å². The average molecular weight is 497 g/mol. The largest absolute Gasteiger partial charge is 0.479 e. The zero-order valence-corrected chi connectivity index (χ0v) is 19.4. The van der Waals surface area contributed by atoms with Gasteiger partial charge in [-0.1, -0.05) is 36.4 Å². The Labute approximate surface area is 205 Å². The first-order valence-corrected chi connectivity index (χ1v) is 10.8. The Morgan fingerprint density at radius 3 is 2.17 bits per heavy atom. The fourth-order valence-electron chi connectivity index (χ4n) is 3.50. The number of benzene rings is 2. The van der Waals surface area contributed by atoms with Crippen LogP contribution in [0.2, 0.25) is 0 Å². The lowest BCUT2D eigenvalue weighted by Crippen LogP contribution is -2.58. The van der Waals surface area contributed by atoms with Crippen LogP contribution in [0.3, 0.4) is 0 Å². The van der Waals surface area contributed by atoms with Crippen molar-refractivity contribution >= 4 is 35.8 Å². The van der Waals surface area contributed by atoms with Crippen molar-refractivity contribution in [1.29, 1.82) is 0 Å². The Hall–Kier alpha value is -4.74. The highest BCUT2D eigenvalue weighted by Crippen LogP contribution is 2.29. The van der Waals surface area contributed by atoms with E-state index in [1.54, 1.807) is 18.2 Å². The van der Waals surface area contributed by atoms with Crippen molar-refractivity contribution in [3.05, 3.63) is 59.7 Å². The first kappa shape index (κ1) is 25.9. The number of hydrogen-bond donors (Lipinski definition) is 2. The molecule has 1 atom stereocenters. The Morgan fingerprint density at radius 2 is 1.56 bits per heavy atom. The van der Waals surface area contributed by atoms with Crippen LogP contribution < -0.4 is 14.8 Å². The second kappa shape index (κ2) is 11.1. The maximum absolute atomic E-state index is 12.7. The standard InChI is InChI=1S/C24H23N3O9/c1-14(28)35-18-9-8-16(12-19(18)36-15(2)29)13-26-10-11-27(22(31)21(26)30)24(34)25-20(23(32)33)17-6-4-3-5-7-17/h3-9,12,20H,10-11,13H2,1-2H3,(H,25,34)(H,32,33)/t20-/m1/s1. The summed E-state index contributed by atoms with van der Waals surface area (Å²) in [4.78, 5) is 74.2. The van der Waals surface area contributed by atoms with E-state index >= 15 is 0 Å². The lowest BCUT2D eigenvalue weighted by molar-refractivity contribution is -0.154. The van der Waals surface area contributed by atoms with Crippen LogP contribution in [0.4, 0.5) is 4.79 Å². The molecule has 2 aromatic rings. The molecule has 0 saturated carbocycles. The van der Waals surface area contributed by atoms with Gasteiger partial charge >= 0.3 is 35.8 Å². The Balaban J connectivity index is 1.70. The van der Waals surface area contributed by atoms with Crippen LogP contribution in [-0.4, -0.2) is 63.7 Å². The van der Waals surface area contributed by atoms with Crippen LogP contribution in [-0.2, 0) is 30.5 Å². The number of carbonyl (C=O) groups is 6. The highest BCUT2D eigenvalue weighted by Gasteiger charge is 2.37. The number of ether oxygens (including phenoxy) is 2. The smallest absolute Gasteiger partial charge is 0.330 e. The number of esters is 2. The molecule has 36 heavy (non-hydrogen) atoms. The van der Waals surface area contributed by atoms with Crippen molar-refractivity contribution in [2.24, 2.45) is 0 Å². The number of nitrogens with zero attached hydrogens (tertiary/aromatic N) is 2. The molecule has 0 aliphatic carbocycles. The van der Waals surface area contributed by atoms with Gasteiger partial charge < -0.3 is 24.8 Å². The van der Waals surface area contributed by atoms with E-state index in [4.69, 9.17) is 9.47 Å². The summed E-state index contributed by atoms with van der Waals surface area (Å²) in [6.45, 7) is 2.11. The predicted octanol–water partition coefficient (Wildman–Crippen LogP) is 1.24. The van der Waals surface area contributed by atoms with Gasteiger partial charge in [0.15, 0.2) is 17.5 Å². The number of carbonyl (C=O) groups excluding carboxylic acids is 5. The van der Waals surface area contributed by atoms with E-state index in [0.717, 1.165) is 0 Å². The topological polar surface area (TPSA) is 160 Å². The van der Waals surface area contributed by atoms with E-state index in [9.17, 15) is 33.9 Å². The second-order valence-electron chi connectivity index (χ2n) is 7.78. The van der Waals surface area contributed by atoms with Crippen molar-refractivity contribution in [2.45, 2.75) is 26.4 Å². The van der Waals surface area contributed by atoms with Crippen molar-refractivity contribution in [1.82, 2.24) is 15.1 Å². The molecular weight excluding hydrogens is 474 g/mol. The summed E-state index contributed by atoms with van der Waals surface area (Å²) in [5.74, 6) is -4.71. The molecule has 0 bridgehead atoms. The van der Waals surface area contributed by atoms with Gasteiger partial charge in [-0.3, -0.25) is 24.1 Å². The van der Waals surface area contributed by atoms with E-state index in [1.165, 1.54) is 49.1 Å². The van der Waals surface area contributed by atoms with Gasteiger partial charge in [0.1, 0.15) is 0 Å². The average Bonchev–Trinajstić information content (AvgIpc) is 2.82. The highest BCUT2D eigenvalue weighted by atomic mass is 16.6. The molecule has 1 heterocycles. The lowest BCUT2D eigenvalue weighted by Gasteiger charge is -2.33. The zero-order chi connectivity index (χ0) is 26.4. The summed E-state index contributed by atoms with van der Waals surface area (Å²) in [5.41, 5.74) is 0.771. The quantitative estimate of drug-likeness (QED) is 0.326. The summed E-state index contributed by atoms with van der Waals surface area (Å²) < 4.78 is 10.1. The number of rotatable bonds is 7. The summed E-state index contributed by atoms with van der Waals surface area (Å²) in [6.07, 6.45) is 0. The number of amides is 4. The molecule has 12 nitrogen and oxygen atoms in total. The molecule has 3 rings (SSSR count). The molecule has 1 aliphatic rings. The first-order chi connectivity index (χ1) is 17.1. The number of urea groups is 1. The summed E-state index contributed by atoms with van der Waals surface area (Å²) >= 11 is 0. The molecule has 2 aromatic carbocycles. The van der Waals surface area contributed by atoms with Crippen LogP contribution in [0, 0.1) is 0 Å². The number of piperazine rings is 1. The zero-order valence-electron chi connectivity index (χ0n) is 19.4. The third-order valence-electron chi connectivity index (χ3n) is 5.09. The third-order valence-corrected chi connectivity index (χ3v) is 5.09. The number of carboxylic acids is 1. The maximum atomic E-state index is 12.7. The summed E-state index contributed by atoms with van der Waals surface area (Å²) in [5, 5.41) is 11.8. The molecule has 4 amide bonds. The van der Waals surface area contributed by atoms with Gasteiger partial charge in [0.2, 0.25) is 0 Å².